The highest BCUT2D eigenvalue weighted by Crippen LogP contribution is 2.04. The van der Waals surface area contributed by atoms with Gasteiger partial charge in [-0.25, -0.2) is 0 Å². The van der Waals surface area contributed by atoms with Gasteiger partial charge in [0.2, 0.25) is 0 Å². The molecule has 0 amide bonds. The largest absolute Gasteiger partial charge is 0.468 e. The van der Waals surface area contributed by atoms with Gasteiger partial charge in [-0.2, -0.15) is 0 Å². The van der Waals surface area contributed by atoms with E-state index in [-0.39, 0.29) is 10.8 Å². The van der Waals surface area contributed by atoms with Crippen LogP contribution in [0.4, 0.5) is 0 Å². The number of ether oxygens (including phenoxy) is 1. The Morgan fingerprint density at radius 3 is 2.50 bits per heavy atom. The van der Waals surface area contributed by atoms with Crippen molar-refractivity contribution < 1.29 is 9.53 Å². The third-order valence-electron chi connectivity index (χ3n) is 0.592. The minimum absolute atomic E-state index is 0.215. The predicted octanol–water partition coefficient (Wildman–Crippen LogP) is 1.32. The Morgan fingerprint density at radius 1 is 1.88 bits per heavy atom. The molecule has 8 heavy (non-hydrogen) atoms. The molecule has 0 heterocycles. The minimum atomic E-state index is -0.248. The monoisotopic (exact) mass is 244 g/mol. The van der Waals surface area contributed by atoms with Crippen molar-refractivity contribution in [1.29, 1.82) is 0 Å². The molecular formula is C4H6Br2O2. The van der Waals surface area contributed by atoms with Crippen molar-refractivity contribution in [2.24, 2.45) is 0 Å². The topological polar surface area (TPSA) is 26.3 Å². The lowest BCUT2D eigenvalue weighted by atomic mass is 10.5. The molecule has 0 spiro atoms. The smallest absolute Gasteiger partial charge is 0.320 e. The first-order valence-electron chi connectivity index (χ1n) is 2.00. The van der Waals surface area contributed by atoms with Gasteiger partial charge in [-0.15, -0.1) is 0 Å². The first-order chi connectivity index (χ1) is 3.72. The van der Waals surface area contributed by atoms with E-state index in [1.165, 1.54) is 7.11 Å². The molecule has 0 unspecified atom stereocenters. The second-order valence-electron chi connectivity index (χ2n) is 1.14. The van der Waals surface area contributed by atoms with Crippen LogP contribution in [-0.4, -0.2) is 23.2 Å². The summed E-state index contributed by atoms with van der Waals surface area (Å²) in [5.41, 5.74) is 0. The van der Waals surface area contributed by atoms with Crippen molar-refractivity contribution in [2.45, 2.75) is 4.83 Å². The second-order valence-corrected chi connectivity index (χ2v) is 2.90. The highest BCUT2D eigenvalue weighted by molar-refractivity contribution is 9.12. The summed E-state index contributed by atoms with van der Waals surface area (Å²) >= 11 is 6.19. The van der Waals surface area contributed by atoms with Crippen molar-refractivity contribution in [3.63, 3.8) is 0 Å². The lowest BCUT2D eigenvalue weighted by Gasteiger charge is -2.00. The number of methoxy groups -OCH3 is 1. The first-order valence-corrected chi connectivity index (χ1v) is 4.04. The molecule has 0 aromatic carbocycles. The Balaban J connectivity index is 3.46. The van der Waals surface area contributed by atoms with Crippen molar-refractivity contribution >= 4 is 37.8 Å². The number of rotatable bonds is 2. The van der Waals surface area contributed by atoms with Gasteiger partial charge in [-0.3, -0.25) is 4.79 Å². The van der Waals surface area contributed by atoms with Crippen molar-refractivity contribution in [2.75, 3.05) is 12.4 Å². The van der Waals surface area contributed by atoms with Crippen LogP contribution in [0.3, 0.4) is 0 Å². The van der Waals surface area contributed by atoms with E-state index in [9.17, 15) is 4.79 Å². The van der Waals surface area contributed by atoms with E-state index in [0.717, 1.165) is 0 Å². The van der Waals surface area contributed by atoms with Crippen LogP contribution in [0.25, 0.3) is 0 Å². The van der Waals surface area contributed by atoms with Crippen LogP contribution in [0.2, 0.25) is 0 Å². The van der Waals surface area contributed by atoms with Gasteiger partial charge >= 0.3 is 5.97 Å². The van der Waals surface area contributed by atoms with Crippen LogP contribution >= 0.6 is 31.9 Å². The highest BCUT2D eigenvalue weighted by atomic mass is 79.9. The zero-order valence-corrected chi connectivity index (χ0v) is 7.53. The van der Waals surface area contributed by atoms with E-state index in [0.29, 0.717) is 5.33 Å². The number of carbonyl (C=O) groups excluding carboxylic acids is 1. The molecule has 2 nitrogen and oxygen atoms in total. The number of hydrogen-bond donors (Lipinski definition) is 0. The number of hydrogen-bond acceptors (Lipinski definition) is 2. The van der Waals surface area contributed by atoms with Crippen LogP contribution in [0.1, 0.15) is 0 Å². The second kappa shape index (κ2) is 4.32. The standard InChI is InChI=1S/C4H6Br2O2/c1-8-4(7)3(6)2-5/h3H,2H2,1H3/t3-/m0/s1. The SMILES string of the molecule is COC(=O)[C@@H](Br)CBr. The Kier molecular flexibility index (Phi) is 4.56. The Bertz CT molecular complexity index is 84.1. The fourth-order valence-corrected chi connectivity index (χ4v) is 0.642. The van der Waals surface area contributed by atoms with Crippen LogP contribution in [0.15, 0.2) is 0 Å². The number of esters is 1. The van der Waals surface area contributed by atoms with E-state index in [1.807, 2.05) is 0 Å². The molecule has 48 valence electrons. The van der Waals surface area contributed by atoms with Gasteiger partial charge in [0.25, 0.3) is 0 Å². The van der Waals surface area contributed by atoms with E-state index < -0.39 is 0 Å². The molecule has 0 aliphatic heterocycles. The Morgan fingerprint density at radius 2 is 2.38 bits per heavy atom. The average Bonchev–Trinajstić information content (AvgIpc) is 1.84. The lowest BCUT2D eigenvalue weighted by molar-refractivity contribution is -0.139. The molecule has 0 N–H and O–H groups in total. The predicted molar refractivity (Wildman–Crippen MR) is 38.5 cm³/mol. The van der Waals surface area contributed by atoms with Gasteiger partial charge in [0, 0.05) is 5.33 Å². The van der Waals surface area contributed by atoms with Crippen molar-refractivity contribution in [3.8, 4) is 0 Å². The van der Waals surface area contributed by atoms with Crippen LogP contribution in [-0.2, 0) is 9.53 Å². The summed E-state index contributed by atoms with van der Waals surface area (Å²) < 4.78 is 4.39. The lowest BCUT2D eigenvalue weighted by Crippen LogP contribution is -2.16. The third kappa shape index (κ3) is 2.67. The summed E-state index contributed by atoms with van der Waals surface area (Å²) in [4.78, 5) is 10.2. The summed E-state index contributed by atoms with van der Waals surface area (Å²) in [6, 6.07) is 0. The number of alkyl halides is 2. The first kappa shape index (κ1) is 8.43. The van der Waals surface area contributed by atoms with Gasteiger partial charge in [-0.05, 0) is 0 Å². The van der Waals surface area contributed by atoms with E-state index >= 15 is 0 Å². The molecule has 0 fully saturated rings. The van der Waals surface area contributed by atoms with Crippen LogP contribution < -0.4 is 0 Å². The minimum Gasteiger partial charge on any atom is -0.468 e. The molecule has 0 rings (SSSR count). The van der Waals surface area contributed by atoms with Crippen molar-refractivity contribution in [1.82, 2.24) is 0 Å². The normalized spacial score (nSPS) is 12.9. The zero-order chi connectivity index (χ0) is 6.57. The summed E-state index contributed by atoms with van der Waals surface area (Å²) in [6.07, 6.45) is 0. The molecular weight excluding hydrogens is 240 g/mol. The molecule has 0 radical (unpaired) electrons. The zero-order valence-electron chi connectivity index (χ0n) is 4.36. The average molecular weight is 246 g/mol. The molecule has 0 aromatic heterocycles. The fourth-order valence-electron chi connectivity index (χ4n) is 0.191. The van der Waals surface area contributed by atoms with E-state index in [1.54, 1.807) is 0 Å². The van der Waals surface area contributed by atoms with E-state index in [4.69, 9.17) is 0 Å². The molecule has 4 heteroatoms. The third-order valence-corrected chi connectivity index (χ3v) is 2.81. The molecule has 0 aromatic rings. The van der Waals surface area contributed by atoms with Gasteiger partial charge in [0.05, 0.1) is 7.11 Å². The maximum Gasteiger partial charge on any atom is 0.320 e. The molecule has 0 bridgehead atoms. The molecule has 1 atom stereocenters. The maximum absolute atomic E-state index is 10.4. The summed E-state index contributed by atoms with van der Waals surface area (Å²) in [5.74, 6) is -0.248. The van der Waals surface area contributed by atoms with Gasteiger partial charge in [-0.1, -0.05) is 31.9 Å². The quantitative estimate of drug-likeness (QED) is 0.542. The molecule has 0 aliphatic rings. The van der Waals surface area contributed by atoms with Gasteiger partial charge < -0.3 is 4.74 Å². The van der Waals surface area contributed by atoms with Crippen molar-refractivity contribution in [3.05, 3.63) is 0 Å². The molecule has 0 saturated carbocycles. The van der Waals surface area contributed by atoms with Crippen LogP contribution in [0.5, 0.6) is 0 Å². The number of carbonyl (C=O) groups is 1. The maximum atomic E-state index is 10.4. The number of halogens is 2. The van der Waals surface area contributed by atoms with Crippen LogP contribution in [0, 0.1) is 0 Å². The highest BCUT2D eigenvalue weighted by Gasteiger charge is 2.11. The van der Waals surface area contributed by atoms with Gasteiger partial charge in [0.1, 0.15) is 4.83 Å². The Labute approximate surface area is 64.8 Å². The summed E-state index contributed by atoms with van der Waals surface area (Å²) in [5, 5.41) is 0.583. The Hall–Kier alpha value is 0.430. The fraction of sp³-hybridized carbons (Fsp3) is 0.750. The molecule has 0 aliphatic carbocycles. The van der Waals surface area contributed by atoms with E-state index in [2.05, 4.69) is 36.6 Å². The summed E-state index contributed by atoms with van der Waals surface area (Å²) in [7, 11) is 1.36. The van der Waals surface area contributed by atoms with Gasteiger partial charge in [0.15, 0.2) is 0 Å². The molecule has 0 saturated heterocycles. The summed E-state index contributed by atoms with van der Waals surface area (Å²) in [6.45, 7) is 0.